The maximum Gasteiger partial charge on any atom is 0.319 e. The first-order valence-corrected chi connectivity index (χ1v) is 38.6. The highest BCUT2D eigenvalue weighted by Crippen LogP contribution is 2.47. The number of hydrogen-bond donors (Lipinski definition) is 5. The molecule has 7 N–H and O–H groups in total. The average Bonchev–Trinajstić information content (AvgIpc) is 0.755. The third-order valence-electron chi connectivity index (χ3n) is 21.3. The molecule has 0 unspecified atom stereocenters. The number of halogens is 6. The van der Waals surface area contributed by atoms with Crippen LogP contribution in [0.3, 0.4) is 0 Å². The standard InChI is InChI=1S/C29H32ClFN6O3.C28H30ClFN6O4.C26H24ClFN4O2/c1-35(2)24(39)9-5-8-23-33-27-21(28(34-23)36-10-12-37(13-11-36)29(32)40)16-22(30)25(26(27)31)20-15-18(38)14-17-6-3-4-7-19(17)20;1-34(2)22(38)7-12-40-28-32-25-20(26(33-28)35-8-10-36(11-9-35)27(31)39)15-21(29)23(24(25)30)19-14-17(37)13-16-5-3-4-6-18(16)19;1-2-5-22(34)31-8-10-32(11-9-31)26-20-14-21(27)23(24(28)25(20)29-15-30-26)19-13-17(33)12-16-6-3-4-7-18(16)19/h3-4,6-7,15-16,20,38H,5,8-14H2,1-2H3,(H2,32,40);3-6,14-15,19,37H,7-13H2,1-2H3,(H2,31,39);2-7,13-15,19,33H,8-12H2,1H3/b;;5-2+/t20-;2*19-/m000/s1. The second-order valence-electron chi connectivity index (χ2n) is 28.9. The van der Waals surface area contributed by atoms with Gasteiger partial charge in [-0.3, -0.25) is 14.4 Å². The van der Waals surface area contributed by atoms with Crippen molar-refractivity contribution in [1.29, 1.82) is 0 Å². The van der Waals surface area contributed by atoms with Gasteiger partial charge in [0, 0.05) is 205 Å². The number of carbonyl (C=O) groups excluding carboxylic acids is 5. The van der Waals surface area contributed by atoms with Crippen LogP contribution in [-0.4, -0.2) is 213 Å². The fraction of sp³-hybridized carbons (Fsp3) is 0.337. The van der Waals surface area contributed by atoms with E-state index in [4.69, 9.17) is 56.0 Å². The smallest absolute Gasteiger partial charge is 0.319 e. The van der Waals surface area contributed by atoms with Gasteiger partial charge in [0.1, 0.15) is 52.8 Å². The third-order valence-corrected chi connectivity index (χ3v) is 22.2. The lowest BCUT2D eigenvalue weighted by Gasteiger charge is -2.35. The Hall–Kier alpha value is -11.5. The highest BCUT2D eigenvalue weighted by molar-refractivity contribution is 6.33. The molecule has 3 saturated heterocycles. The number of benzene rings is 6. The lowest BCUT2D eigenvalue weighted by molar-refractivity contribution is -0.129. The van der Waals surface area contributed by atoms with Crippen LogP contribution in [-0.2, 0) is 40.1 Å². The van der Waals surface area contributed by atoms with E-state index >= 15 is 13.2 Å². The van der Waals surface area contributed by atoms with E-state index in [-0.39, 0.29) is 96.8 Å². The molecule has 15 rings (SSSR count). The van der Waals surface area contributed by atoms with E-state index in [1.807, 2.05) is 94.4 Å². The number of primary amides is 2. The minimum atomic E-state index is -0.651. The molecular formula is C83H86Cl3F3N16O9. The molecule has 0 saturated carbocycles. The molecule has 3 fully saturated rings. The number of amides is 7. The van der Waals surface area contributed by atoms with Crippen LogP contribution in [0.15, 0.2) is 145 Å². The predicted octanol–water partition coefficient (Wildman–Crippen LogP) is 12.6. The van der Waals surface area contributed by atoms with Gasteiger partial charge in [-0.25, -0.2) is 42.7 Å². The van der Waals surface area contributed by atoms with Crippen LogP contribution in [0.4, 0.5) is 40.2 Å². The first kappa shape index (κ1) is 80.6. The third kappa shape index (κ3) is 17.2. The zero-order chi connectivity index (χ0) is 80.9. The van der Waals surface area contributed by atoms with Crippen molar-refractivity contribution in [3.05, 3.63) is 233 Å². The van der Waals surface area contributed by atoms with Gasteiger partial charge in [0.25, 0.3) is 0 Å². The molecule has 3 aliphatic heterocycles. The van der Waals surface area contributed by atoms with E-state index in [1.54, 1.807) is 86.6 Å². The summed E-state index contributed by atoms with van der Waals surface area (Å²) in [6, 6.07) is 26.7. The van der Waals surface area contributed by atoms with Crippen molar-refractivity contribution in [1.82, 2.24) is 54.4 Å². The van der Waals surface area contributed by atoms with Gasteiger partial charge >= 0.3 is 18.1 Å². The summed E-state index contributed by atoms with van der Waals surface area (Å²) < 4.78 is 54.8. The number of fused-ring (bicyclic) bond motifs is 6. The Labute approximate surface area is 671 Å². The average molecular weight is 1620 g/mol. The van der Waals surface area contributed by atoms with Gasteiger partial charge in [0.05, 0.1) is 23.7 Å². The number of aryl methyl sites for hydroxylation is 1. The van der Waals surface area contributed by atoms with Gasteiger partial charge < -0.3 is 70.7 Å². The lowest BCUT2D eigenvalue weighted by Crippen LogP contribution is -2.50. The van der Waals surface area contributed by atoms with Gasteiger partial charge in [0.15, 0.2) is 17.5 Å². The van der Waals surface area contributed by atoms with E-state index in [2.05, 4.69) is 24.9 Å². The van der Waals surface area contributed by atoms with Crippen LogP contribution in [0.2, 0.25) is 15.1 Å². The van der Waals surface area contributed by atoms with Gasteiger partial charge in [-0.05, 0) is 89.2 Å². The number of ether oxygens (including phenoxy) is 1. The Kier molecular flexibility index (Phi) is 24.6. The Balaban J connectivity index is 0.000000150. The van der Waals surface area contributed by atoms with Crippen molar-refractivity contribution in [2.45, 2.75) is 69.6 Å². The summed E-state index contributed by atoms with van der Waals surface area (Å²) in [7, 11) is 6.70. The lowest BCUT2D eigenvalue weighted by atomic mass is 9.82. The topological polar surface area (TPSA) is 311 Å². The molecule has 3 atom stereocenters. The summed E-state index contributed by atoms with van der Waals surface area (Å²) in [5.41, 5.74) is 17.3. The van der Waals surface area contributed by atoms with Gasteiger partial charge in [0.2, 0.25) is 17.7 Å². The number of urea groups is 2. The van der Waals surface area contributed by atoms with E-state index in [0.717, 1.165) is 33.4 Å². The zero-order valence-electron chi connectivity index (χ0n) is 63.5. The highest BCUT2D eigenvalue weighted by Gasteiger charge is 2.35. The number of anilines is 3. The molecular weight excluding hydrogens is 1530 g/mol. The van der Waals surface area contributed by atoms with Crippen LogP contribution in [0.5, 0.6) is 6.01 Å². The van der Waals surface area contributed by atoms with Crippen LogP contribution in [0.1, 0.15) is 99.8 Å². The fourth-order valence-electron chi connectivity index (χ4n) is 15.4. The van der Waals surface area contributed by atoms with Crippen molar-refractivity contribution in [2.24, 2.45) is 11.5 Å². The molecule has 6 aromatic carbocycles. The summed E-state index contributed by atoms with van der Waals surface area (Å²) in [5, 5.41) is 33.3. The second kappa shape index (κ2) is 34.9. The molecule has 7 amide bonds. The first-order valence-electron chi connectivity index (χ1n) is 37.5. The van der Waals surface area contributed by atoms with Crippen LogP contribution in [0.25, 0.3) is 32.7 Å². The number of rotatable bonds is 15. The van der Waals surface area contributed by atoms with Crippen LogP contribution < -0.4 is 30.9 Å². The summed E-state index contributed by atoms with van der Waals surface area (Å²) in [6.07, 6.45) is 12.0. The molecule has 31 heteroatoms. The Morgan fingerprint density at radius 2 is 0.895 bits per heavy atom. The van der Waals surface area contributed by atoms with Crippen molar-refractivity contribution in [3.8, 4) is 6.01 Å². The Morgan fingerprint density at radius 1 is 0.509 bits per heavy atom. The highest BCUT2D eigenvalue weighted by atomic mass is 35.5. The number of piperazine rings is 3. The van der Waals surface area contributed by atoms with E-state index < -0.39 is 47.3 Å². The number of aromatic nitrogens is 6. The molecule has 9 aromatic rings. The van der Waals surface area contributed by atoms with Crippen molar-refractivity contribution >= 4 is 115 Å². The van der Waals surface area contributed by atoms with Crippen molar-refractivity contribution in [3.63, 3.8) is 0 Å². The maximum absolute atomic E-state index is 16.6. The Morgan fingerprint density at radius 3 is 1.32 bits per heavy atom. The molecule has 6 heterocycles. The molecule has 114 heavy (non-hydrogen) atoms. The number of aliphatic hydroxyl groups is 3. The number of carbonyl (C=O) groups is 5. The zero-order valence-corrected chi connectivity index (χ0v) is 65.7. The quantitative estimate of drug-likeness (QED) is 0.0596. The SMILES string of the molecule is C/C=C/C(=O)N1CCN(c2ncnc3c(F)c([C@H]4C=C(O)Cc5ccccc54)c(Cl)cc23)CC1.CN(C)C(=O)CCCc1nc(N2CCN(C(N)=O)CC2)c2cc(Cl)c([C@H]3C=C(O)Cc4ccccc43)c(F)c2n1.CN(C)C(=O)CCOc1nc(N2CCN(C(N)=O)CC2)c2cc(Cl)c([C@H]3C=C(O)Cc4ccccc43)c(F)c2n1. The monoisotopic (exact) mass is 1610 g/mol. The van der Waals surface area contributed by atoms with Crippen molar-refractivity contribution < 1.29 is 57.2 Å². The second-order valence-corrected chi connectivity index (χ2v) is 30.2. The van der Waals surface area contributed by atoms with Gasteiger partial charge in [-0.2, -0.15) is 9.97 Å². The van der Waals surface area contributed by atoms with Crippen LogP contribution >= 0.6 is 34.8 Å². The van der Waals surface area contributed by atoms with Gasteiger partial charge in [-0.1, -0.05) is 114 Å². The molecule has 594 valence electrons. The van der Waals surface area contributed by atoms with E-state index in [0.29, 0.717) is 162 Å². The van der Waals surface area contributed by atoms with E-state index in [1.165, 1.54) is 21.0 Å². The number of nitrogens with zero attached hydrogens (tertiary/aromatic N) is 14. The number of aliphatic hydroxyl groups excluding tert-OH is 3. The minimum absolute atomic E-state index is 0.00604. The summed E-state index contributed by atoms with van der Waals surface area (Å²) >= 11 is 20.2. The van der Waals surface area contributed by atoms with Gasteiger partial charge in [-0.15, -0.1) is 0 Å². The molecule has 0 bridgehead atoms. The summed E-state index contributed by atoms with van der Waals surface area (Å²) in [4.78, 5) is 100. The number of nitrogens with two attached hydrogens (primary N) is 2. The molecule has 25 nitrogen and oxygen atoms in total. The maximum atomic E-state index is 16.6. The molecule has 0 spiro atoms. The molecule has 6 aliphatic rings. The van der Waals surface area contributed by atoms with E-state index in [9.17, 15) is 39.3 Å². The fourth-order valence-corrected chi connectivity index (χ4v) is 16.3. The predicted molar refractivity (Wildman–Crippen MR) is 432 cm³/mol. The molecule has 0 radical (unpaired) electrons. The molecule has 3 aliphatic carbocycles. The number of hydrogen-bond acceptors (Lipinski definition) is 18. The molecule has 3 aromatic heterocycles. The summed E-state index contributed by atoms with van der Waals surface area (Å²) in [5.74, 6) is -1.20. The normalized spacial score (nSPS) is 17.4. The number of allylic oxidation sites excluding steroid dienone is 7. The van der Waals surface area contributed by atoms with Crippen LogP contribution in [0, 0.1) is 17.5 Å². The largest absolute Gasteiger partial charge is 0.512 e. The Bertz CT molecular complexity index is 5150. The minimum Gasteiger partial charge on any atom is -0.512 e. The van der Waals surface area contributed by atoms with Crippen molar-refractivity contribution in [2.75, 3.05) is 128 Å². The summed E-state index contributed by atoms with van der Waals surface area (Å²) in [6.45, 7) is 7.34. The first-order chi connectivity index (χ1) is 54.7.